The Balaban J connectivity index is 3.05. The number of hydrogen-bond donors (Lipinski definition) is 3. The zero-order chi connectivity index (χ0) is 9.40. The van der Waals surface area contributed by atoms with Crippen molar-refractivity contribution in [2.75, 3.05) is 13.6 Å². The molecule has 0 spiro atoms. The molecule has 0 saturated carbocycles. The van der Waals surface area contributed by atoms with Crippen molar-refractivity contribution in [1.82, 2.24) is 10.6 Å². The third kappa shape index (κ3) is 7.50. The summed E-state index contributed by atoms with van der Waals surface area (Å²) in [6, 6.07) is 0. The number of unbranched alkanes of at least 4 members (excludes halogenated alkanes) is 1. The minimum absolute atomic E-state index is 0.0351. The van der Waals surface area contributed by atoms with Gasteiger partial charge in [-0.2, -0.15) is 0 Å². The normalized spacial score (nSPS) is 12.6. The molecule has 1 atom stereocenters. The van der Waals surface area contributed by atoms with E-state index in [1.807, 2.05) is 7.05 Å². The third-order valence-electron chi connectivity index (χ3n) is 1.69. The minimum Gasteiger partial charge on any atom is -0.356 e. The van der Waals surface area contributed by atoms with Crippen LogP contribution in [-0.2, 0) is 4.79 Å². The van der Waals surface area contributed by atoms with Gasteiger partial charge >= 0.3 is 0 Å². The van der Waals surface area contributed by atoms with Crippen molar-refractivity contribution in [1.29, 1.82) is 0 Å². The summed E-state index contributed by atoms with van der Waals surface area (Å²) in [6.45, 7) is 2.28. The van der Waals surface area contributed by atoms with Crippen molar-refractivity contribution in [2.24, 2.45) is 5.73 Å². The van der Waals surface area contributed by atoms with Crippen LogP contribution in [0.2, 0.25) is 0 Å². The molecule has 0 heterocycles. The van der Waals surface area contributed by atoms with E-state index in [4.69, 9.17) is 5.73 Å². The maximum Gasteiger partial charge on any atom is 0.216 e. The lowest BCUT2D eigenvalue weighted by Gasteiger charge is -2.09. The maximum absolute atomic E-state index is 10.4. The van der Waals surface area contributed by atoms with Crippen LogP contribution in [0.5, 0.6) is 0 Å². The number of rotatable bonds is 6. The lowest BCUT2D eigenvalue weighted by atomic mass is 10.2. The molecule has 0 aliphatic rings. The molecule has 0 bridgehead atoms. The molecule has 12 heavy (non-hydrogen) atoms. The Morgan fingerprint density at radius 1 is 1.50 bits per heavy atom. The van der Waals surface area contributed by atoms with E-state index in [2.05, 4.69) is 10.6 Å². The second-order valence-electron chi connectivity index (χ2n) is 2.87. The second-order valence-corrected chi connectivity index (χ2v) is 2.87. The average molecular weight is 173 g/mol. The largest absolute Gasteiger partial charge is 0.356 e. The summed E-state index contributed by atoms with van der Waals surface area (Å²) in [5.41, 5.74) is 5.62. The number of hydrogen-bond acceptors (Lipinski definition) is 3. The van der Waals surface area contributed by atoms with E-state index in [1.165, 1.54) is 6.92 Å². The molecule has 0 fully saturated rings. The fourth-order valence-corrected chi connectivity index (χ4v) is 0.898. The predicted octanol–water partition coefficient (Wildman–Crippen LogP) is -0.203. The van der Waals surface area contributed by atoms with Gasteiger partial charge in [-0.1, -0.05) is 0 Å². The lowest BCUT2D eigenvalue weighted by molar-refractivity contribution is -0.118. The topological polar surface area (TPSA) is 67.2 Å². The molecule has 4 N–H and O–H groups in total. The van der Waals surface area contributed by atoms with Gasteiger partial charge in [-0.05, 0) is 26.3 Å². The summed E-state index contributed by atoms with van der Waals surface area (Å²) in [5.74, 6) is 0.0351. The molecule has 0 rings (SSSR count). The van der Waals surface area contributed by atoms with Gasteiger partial charge in [0, 0.05) is 13.5 Å². The first-order valence-electron chi connectivity index (χ1n) is 4.34. The Morgan fingerprint density at radius 2 is 2.17 bits per heavy atom. The quantitative estimate of drug-likeness (QED) is 0.385. The van der Waals surface area contributed by atoms with Crippen LogP contribution < -0.4 is 16.4 Å². The number of carbonyl (C=O) groups is 1. The number of amides is 1. The van der Waals surface area contributed by atoms with Crippen molar-refractivity contribution >= 4 is 5.91 Å². The number of carbonyl (C=O) groups excluding carboxylic acids is 1. The van der Waals surface area contributed by atoms with Gasteiger partial charge in [0.25, 0.3) is 0 Å². The Hall–Kier alpha value is -0.610. The van der Waals surface area contributed by atoms with Crippen molar-refractivity contribution < 1.29 is 4.79 Å². The molecule has 0 saturated heterocycles. The van der Waals surface area contributed by atoms with Crippen molar-refractivity contribution in [3.63, 3.8) is 0 Å². The van der Waals surface area contributed by atoms with E-state index in [0.717, 1.165) is 25.8 Å². The molecule has 0 aromatic carbocycles. The summed E-state index contributed by atoms with van der Waals surface area (Å²) in [7, 11) is 1.85. The van der Waals surface area contributed by atoms with Gasteiger partial charge in [-0.25, -0.2) is 0 Å². The first-order chi connectivity index (χ1) is 5.66. The maximum atomic E-state index is 10.4. The van der Waals surface area contributed by atoms with Gasteiger partial charge in [0.15, 0.2) is 0 Å². The molecule has 0 aliphatic heterocycles. The van der Waals surface area contributed by atoms with Crippen molar-refractivity contribution in [2.45, 2.75) is 32.4 Å². The molecule has 4 nitrogen and oxygen atoms in total. The Morgan fingerprint density at radius 3 is 2.67 bits per heavy atom. The SMILES string of the molecule is CNC(N)CCCCNC(C)=O. The lowest BCUT2D eigenvalue weighted by Crippen LogP contribution is -2.34. The first kappa shape index (κ1) is 11.4. The van der Waals surface area contributed by atoms with Crippen LogP contribution in [0.4, 0.5) is 0 Å². The molecule has 0 aromatic heterocycles. The zero-order valence-electron chi connectivity index (χ0n) is 7.89. The highest BCUT2D eigenvalue weighted by molar-refractivity contribution is 5.72. The predicted molar refractivity (Wildman–Crippen MR) is 49.6 cm³/mol. The highest BCUT2D eigenvalue weighted by atomic mass is 16.1. The fourth-order valence-electron chi connectivity index (χ4n) is 0.898. The summed E-state index contributed by atoms with van der Waals surface area (Å²) in [6.07, 6.45) is 3.08. The van der Waals surface area contributed by atoms with E-state index in [0.29, 0.717) is 0 Å². The molecule has 0 aromatic rings. The fraction of sp³-hybridized carbons (Fsp3) is 0.875. The van der Waals surface area contributed by atoms with Crippen LogP contribution in [0.25, 0.3) is 0 Å². The molecular weight excluding hydrogens is 154 g/mol. The van der Waals surface area contributed by atoms with Gasteiger partial charge in [0.05, 0.1) is 6.17 Å². The van der Waals surface area contributed by atoms with Crippen LogP contribution >= 0.6 is 0 Å². The zero-order valence-corrected chi connectivity index (χ0v) is 7.89. The van der Waals surface area contributed by atoms with Crippen LogP contribution in [0.1, 0.15) is 26.2 Å². The number of nitrogens with two attached hydrogens (primary N) is 1. The van der Waals surface area contributed by atoms with Crippen LogP contribution in [0.15, 0.2) is 0 Å². The Kier molecular flexibility index (Phi) is 6.70. The Labute approximate surface area is 73.9 Å². The third-order valence-corrected chi connectivity index (χ3v) is 1.69. The van der Waals surface area contributed by atoms with Gasteiger partial charge < -0.3 is 16.4 Å². The molecule has 72 valence electrons. The van der Waals surface area contributed by atoms with E-state index < -0.39 is 0 Å². The van der Waals surface area contributed by atoms with E-state index in [1.54, 1.807) is 0 Å². The van der Waals surface area contributed by atoms with Crippen molar-refractivity contribution in [3.8, 4) is 0 Å². The standard InChI is InChI=1S/C8H19N3O/c1-7(12)11-6-4-3-5-8(9)10-2/h8,10H,3-6,9H2,1-2H3,(H,11,12). The molecular formula is C8H19N3O. The van der Waals surface area contributed by atoms with E-state index in [-0.39, 0.29) is 12.1 Å². The summed E-state index contributed by atoms with van der Waals surface area (Å²) >= 11 is 0. The molecule has 0 aliphatic carbocycles. The molecule has 4 heteroatoms. The van der Waals surface area contributed by atoms with Crippen molar-refractivity contribution in [3.05, 3.63) is 0 Å². The molecule has 1 amide bonds. The van der Waals surface area contributed by atoms with Gasteiger partial charge in [0.1, 0.15) is 0 Å². The summed E-state index contributed by atoms with van der Waals surface area (Å²) in [5, 5.41) is 5.69. The first-order valence-corrected chi connectivity index (χ1v) is 4.34. The highest BCUT2D eigenvalue weighted by Gasteiger charge is 1.97. The summed E-state index contributed by atoms with van der Waals surface area (Å²) < 4.78 is 0. The second kappa shape index (κ2) is 7.06. The molecule has 0 radical (unpaired) electrons. The van der Waals surface area contributed by atoms with Gasteiger partial charge in [-0.15, -0.1) is 0 Å². The Bertz CT molecular complexity index is 127. The minimum atomic E-state index is 0.0351. The summed E-state index contributed by atoms with van der Waals surface area (Å²) in [4.78, 5) is 10.4. The average Bonchev–Trinajstić information content (AvgIpc) is 2.03. The van der Waals surface area contributed by atoms with Gasteiger partial charge in [-0.3, -0.25) is 4.79 Å². The van der Waals surface area contributed by atoms with E-state index >= 15 is 0 Å². The number of nitrogens with one attached hydrogen (secondary N) is 2. The molecule has 1 unspecified atom stereocenters. The van der Waals surface area contributed by atoms with Gasteiger partial charge in [0.2, 0.25) is 5.91 Å². The monoisotopic (exact) mass is 173 g/mol. The van der Waals surface area contributed by atoms with Crippen LogP contribution in [-0.4, -0.2) is 25.7 Å². The highest BCUT2D eigenvalue weighted by Crippen LogP contribution is 1.94. The van der Waals surface area contributed by atoms with Crippen LogP contribution in [0, 0.1) is 0 Å². The smallest absolute Gasteiger partial charge is 0.216 e. The van der Waals surface area contributed by atoms with Crippen LogP contribution in [0.3, 0.4) is 0 Å². The van der Waals surface area contributed by atoms with E-state index in [9.17, 15) is 4.79 Å².